The summed E-state index contributed by atoms with van der Waals surface area (Å²) in [6.07, 6.45) is 2.71. The van der Waals surface area contributed by atoms with Crippen molar-refractivity contribution in [2.24, 2.45) is 0 Å². The van der Waals surface area contributed by atoms with Gasteiger partial charge in [-0.3, -0.25) is 0 Å². The van der Waals surface area contributed by atoms with Crippen molar-refractivity contribution < 1.29 is 0 Å². The Morgan fingerprint density at radius 1 is 1.62 bits per heavy atom. The highest BCUT2D eigenvalue weighted by atomic mass is 14.9. The van der Waals surface area contributed by atoms with Gasteiger partial charge in [0, 0.05) is 6.04 Å². The molecule has 0 aromatic carbocycles. The zero-order valence-corrected chi connectivity index (χ0v) is 5.20. The van der Waals surface area contributed by atoms with E-state index in [2.05, 4.69) is 17.2 Å². The van der Waals surface area contributed by atoms with Crippen LogP contribution in [-0.4, -0.2) is 12.6 Å². The van der Waals surface area contributed by atoms with Crippen molar-refractivity contribution in [2.75, 3.05) is 6.54 Å². The van der Waals surface area contributed by atoms with Crippen molar-refractivity contribution in [3.05, 3.63) is 0 Å². The minimum atomic E-state index is 0.802. The van der Waals surface area contributed by atoms with Gasteiger partial charge in [-0.05, 0) is 19.8 Å². The van der Waals surface area contributed by atoms with E-state index in [4.69, 9.17) is 0 Å². The molecule has 1 saturated carbocycles. The largest absolute Gasteiger partial charge is 0.303 e. The molecule has 0 spiro atoms. The maximum Gasteiger partial charge on any atom is 0.0578 e. The minimum absolute atomic E-state index is 0.802. The average molecular weight is 109 g/mol. The summed E-state index contributed by atoms with van der Waals surface area (Å²) in [5, 5.41) is 3.28. The van der Waals surface area contributed by atoms with Crippen LogP contribution in [0.25, 0.3) is 0 Å². The van der Waals surface area contributed by atoms with Crippen LogP contribution in [0.1, 0.15) is 19.8 Å². The van der Waals surface area contributed by atoms with Gasteiger partial charge in [-0.25, -0.2) is 0 Å². The molecule has 1 heteroatoms. The quantitative estimate of drug-likeness (QED) is 0.516. The lowest BCUT2D eigenvalue weighted by Crippen LogP contribution is -2.15. The molecule has 1 N–H and O–H groups in total. The van der Waals surface area contributed by atoms with Crippen LogP contribution in [0.5, 0.6) is 0 Å². The molecule has 1 fully saturated rings. The van der Waals surface area contributed by atoms with E-state index in [0.29, 0.717) is 0 Å². The Labute approximate surface area is 50.5 Å². The van der Waals surface area contributed by atoms with Crippen LogP contribution in [0, 0.1) is 11.8 Å². The summed E-state index contributed by atoms with van der Waals surface area (Å²) >= 11 is 0. The van der Waals surface area contributed by atoms with Crippen molar-refractivity contribution >= 4 is 0 Å². The molecule has 0 saturated heterocycles. The first-order valence-electron chi connectivity index (χ1n) is 3.06. The monoisotopic (exact) mass is 109 g/mol. The fourth-order valence-corrected chi connectivity index (χ4v) is 0.571. The van der Waals surface area contributed by atoms with Gasteiger partial charge in [0.15, 0.2) is 0 Å². The highest BCUT2D eigenvalue weighted by Gasteiger charge is 2.18. The topological polar surface area (TPSA) is 12.0 Å². The fraction of sp³-hybridized carbons (Fsp3) is 0.714. The highest BCUT2D eigenvalue weighted by Crippen LogP contribution is 2.17. The minimum Gasteiger partial charge on any atom is -0.303 e. The first kappa shape index (κ1) is 5.65. The number of rotatable bonds is 2. The predicted molar refractivity (Wildman–Crippen MR) is 34.5 cm³/mol. The van der Waals surface area contributed by atoms with Crippen LogP contribution in [-0.2, 0) is 0 Å². The number of nitrogens with one attached hydrogen (secondary N) is 1. The number of hydrogen-bond donors (Lipinski definition) is 1. The maximum atomic E-state index is 3.28. The van der Waals surface area contributed by atoms with Crippen LogP contribution in [0.3, 0.4) is 0 Å². The van der Waals surface area contributed by atoms with E-state index < -0.39 is 0 Å². The normalized spacial score (nSPS) is 17.1. The Kier molecular flexibility index (Phi) is 1.93. The zero-order chi connectivity index (χ0) is 5.82. The number of hydrogen-bond acceptors (Lipinski definition) is 1. The van der Waals surface area contributed by atoms with Gasteiger partial charge < -0.3 is 5.32 Å². The fourth-order valence-electron chi connectivity index (χ4n) is 0.571. The third-order valence-electron chi connectivity index (χ3n) is 1.23. The van der Waals surface area contributed by atoms with Crippen molar-refractivity contribution in [1.29, 1.82) is 0 Å². The molecule has 0 unspecified atom stereocenters. The van der Waals surface area contributed by atoms with Gasteiger partial charge >= 0.3 is 0 Å². The van der Waals surface area contributed by atoms with Crippen LogP contribution >= 0.6 is 0 Å². The lowest BCUT2D eigenvalue weighted by Gasteiger charge is -1.90. The Balaban J connectivity index is 1.92. The second-order valence-electron chi connectivity index (χ2n) is 2.08. The summed E-state index contributed by atoms with van der Waals surface area (Å²) in [5.74, 6) is 5.80. The van der Waals surface area contributed by atoms with Crippen LogP contribution in [0.2, 0.25) is 0 Å². The average Bonchev–Trinajstić information content (AvgIpc) is 2.51. The molecule has 1 aliphatic carbocycles. The zero-order valence-electron chi connectivity index (χ0n) is 5.20. The molecule has 0 aromatic rings. The summed E-state index contributed by atoms with van der Waals surface area (Å²) in [6.45, 7) is 2.75. The summed E-state index contributed by atoms with van der Waals surface area (Å²) in [7, 11) is 0. The van der Waals surface area contributed by atoms with Gasteiger partial charge in [0.25, 0.3) is 0 Å². The van der Waals surface area contributed by atoms with Gasteiger partial charge in [-0.1, -0.05) is 5.92 Å². The van der Waals surface area contributed by atoms with E-state index in [0.717, 1.165) is 12.6 Å². The summed E-state index contributed by atoms with van der Waals surface area (Å²) in [6, 6.07) is 0.802. The van der Waals surface area contributed by atoms with Gasteiger partial charge in [0.2, 0.25) is 0 Å². The first-order chi connectivity index (χ1) is 3.93. The second kappa shape index (κ2) is 2.74. The lowest BCUT2D eigenvalue weighted by molar-refractivity contribution is 0.763. The Morgan fingerprint density at radius 2 is 2.38 bits per heavy atom. The Hall–Kier alpha value is -0.480. The van der Waals surface area contributed by atoms with Gasteiger partial charge in [-0.2, -0.15) is 0 Å². The molecule has 0 amide bonds. The molecule has 1 nitrogen and oxygen atoms in total. The summed E-state index contributed by atoms with van der Waals surface area (Å²) in [5.41, 5.74) is 0. The van der Waals surface area contributed by atoms with Crippen LogP contribution < -0.4 is 5.32 Å². The van der Waals surface area contributed by atoms with E-state index in [1.165, 1.54) is 12.8 Å². The maximum absolute atomic E-state index is 3.28. The van der Waals surface area contributed by atoms with E-state index in [1.54, 1.807) is 0 Å². The highest BCUT2D eigenvalue weighted by molar-refractivity contribution is 4.99. The van der Waals surface area contributed by atoms with Crippen molar-refractivity contribution in [1.82, 2.24) is 5.32 Å². The van der Waals surface area contributed by atoms with Crippen molar-refractivity contribution in [2.45, 2.75) is 25.8 Å². The molecule has 0 bridgehead atoms. The molecule has 1 rings (SSSR count). The molecule has 0 radical (unpaired) electrons. The second-order valence-corrected chi connectivity index (χ2v) is 2.08. The summed E-state index contributed by atoms with van der Waals surface area (Å²) in [4.78, 5) is 0. The summed E-state index contributed by atoms with van der Waals surface area (Å²) < 4.78 is 0. The Bertz CT molecular complexity index is 114. The van der Waals surface area contributed by atoms with E-state index >= 15 is 0 Å². The molecule has 0 heterocycles. The molecule has 0 aromatic heterocycles. The SMILES string of the molecule is CC#CCNC1CC1. The lowest BCUT2D eigenvalue weighted by atomic mass is 10.5. The van der Waals surface area contributed by atoms with Crippen LogP contribution in [0.15, 0.2) is 0 Å². The van der Waals surface area contributed by atoms with E-state index in [-0.39, 0.29) is 0 Å². The molecule has 1 aliphatic rings. The van der Waals surface area contributed by atoms with Gasteiger partial charge in [-0.15, -0.1) is 5.92 Å². The van der Waals surface area contributed by atoms with Crippen molar-refractivity contribution in [3.63, 3.8) is 0 Å². The Morgan fingerprint density at radius 3 is 2.88 bits per heavy atom. The molecule has 8 heavy (non-hydrogen) atoms. The van der Waals surface area contributed by atoms with E-state index in [1.807, 2.05) is 6.92 Å². The molecule has 0 aliphatic heterocycles. The van der Waals surface area contributed by atoms with Gasteiger partial charge in [0.1, 0.15) is 0 Å². The molecule has 44 valence electrons. The third-order valence-corrected chi connectivity index (χ3v) is 1.23. The standard InChI is InChI=1S/C7H11N/c1-2-3-6-8-7-4-5-7/h7-8H,4-6H2,1H3. The van der Waals surface area contributed by atoms with Crippen LogP contribution in [0.4, 0.5) is 0 Å². The van der Waals surface area contributed by atoms with Crippen molar-refractivity contribution in [3.8, 4) is 11.8 Å². The van der Waals surface area contributed by atoms with Gasteiger partial charge in [0.05, 0.1) is 6.54 Å². The molecule has 0 atom stereocenters. The van der Waals surface area contributed by atoms with E-state index in [9.17, 15) is 0 Å². The predicted octanol–water partition coefficient (Wildman–Crippen LogP) is 0.762. The smallest absolute Gasteiger partial charge is 0.0578 e. The first-order valence-corrected chi connectivity index (χ1v) is 3.06. The molecular weight excluding hydrogens is 98.1 g/mol. The third kappa shape index (κ3) is 1.99. The molecular formula is C7H11N.